The van der Waals surface area contributed by atoms with Crippen LogP contribution in [0.1, 0.15) is 16.7 Å². The van der Waals surface area contributed by atoms with Crippen molar-refractivity contribution in [3.8, 4) is 11.5 Å². The van der Waals surface area contributed by atoms with Gasteiger partial charge in [0.1, 0.15) is 18.1 Å². The molecule has 5 rings (SSSR count). The third-order valence-corrected chi connectivity index (χ3v) is 6.56. The Morgan fingerprint density at radius 3 is 2.38 bits per heavy atom. The second-order valence-electron chi connectivity index (χ2n) is 8.28. The molecule has 37 heavy (non-hydrogen) atoms. The maximum atomic E-state index is 13.6. The smallest absolute Gasteiger partial charge is 0.281 e. The van der Waals surface area contributed by atoms with Crippen LogP contribution >= 0.6 is 22.6 Å². The Kier molecular flexibility index (Phi) is 7.32. The third-order valence-electron chi connectivity index (χ3n) is 5.76. The minimum absolute atomic E-state index is 0.194. The number of amides is 1. The van der Waals surface area contributed by atoms with Gasteiger partial charge in [-0.05, 0) is 76.2 Å². The van der Waals surface area contributed by atoms with Crippen molar-refractivity contribution in [3.05, 3.63) is 129 Å². The van der Waals surface area contributed by atoms with Crippen LogP contribution in [0.3, 0.4) is 0 Å². The topological polar surface area (TPSA) is 51.1 Å². The number of halogens is 2. The second-order valence-corrected chi connectivity index (χ2v) is 9.44. The number of para-hydroxylation sites is 1. The maximum Gasteiger partial charge on any atom is 0.281 e. The van der Waals surface area contributed by atoms with Gasteiger partial charge in [0.05, 0.1) is 21.9 Å². The molecular formula is C30H22FIN2O3. The molecule has 4 aromatic carbocycles. The first-order chi connectivity index (χ1) is 18.0. The predicted molar refractivity (Wildman–Crippen MR) is 151 cm³/mol. The molecule has 0 saturated heterocycles. The van der Waals surface area contributed by atoms with Crippen LogP contribution in [-0.4, -0.2) is 18.7 Å². The Bertz CT molecular complexity index is 1500. The molecule has 0 spiro atoms. The summed E-state index contributed by atoms with van der Waals surface area (Å²) in [5.41, 5.74) is 4.08. The van der Waals surface area contributed by atoms with Gasteiger partial charge in [-0.1, -0.05) is 60.7 Å². The lowest BCUT2D eigenvalue weighted by atomic mass is 10.00. The van der Waals surface area contributed by atoms with E-state index in [0.717, 1.165) is 14.7 Å². The summed E-state index contributed by atoms with van der Waals surface area (Å²) >= 11 is 2.17. The maximum absolute atomic E-state index is 13.6. The van der Waals surface area contributed by atoms with E-state index >= 15 is 0 Å². The van der Waals surface area contributed by atoms with E-state index in [-0.39, 0.29) is 18.3 Å². The molecule has 7 heteroatoms. The molecule has 1 heterocycles. The molecule has 0 aromatic heterocycles. The SMILES string of the molecule is COc1cc(/C=C2\C(=O)N(c3ccccc3)N=C2c2ccccc2)cc(I)c1OCc1cccc(F)c1. The van der Waals surface area contributed by atoms with Crippen LogP contribution in [-0.2, 0) is 11.4 Å². The Balaban J connectivity index is 1.50. The quantitative estimate of drug-likeness (QED) is 0.171. The highest BCUT2D eigenvalue weighted by molar-refractivity contribution is 14.1. The number of benzene rings is 4. The number of methoxy groups -OCH3 is 1. The number of rotatable bonds is 7. The fourth-order valence-electron chi connectivity index (χ4n) is 4.01. The average Bonchev–Trinajstić information content (AvgIpc) is 3.24. The molecule has 0 radical (unpaired) electrons. The highest BCUT2D eigenvalue weighted by Gasteiger charge is 2.32. The van der Waals surface area contributed by atoms with E-state index in [1.807, 2.05) is 78.9 Å². The Labute approximate surface area is 228 Å². The number of carbonyl (C=O) groups excluding carboxylic acids is 1. The van der Waals surface area contributed by atoms with Crippen molar-refractivity contribution in [2.45, 2.75) is 6.61 Å². The van der Waals surface area contributed by atoms with Gasteiger partial charge < -0.3 is 9.47 Å². The van der Waals surface area contributed by atoms with E-state index in [2.05, 4.69) is 27.7 Å². The van der Waals surface area contributed by atoms with Crippen LogP contribution in [0.2, 0.25) is 0 Å². The highest BCUT2D eigenvalue weighted by Crippen LogP contribution is 2.36. The molecule has 4 aromatic rings. The summed E-state index contributed by atoms with van der Waals surface area (Å²) < 4.78 is 26.0. The summed E-state index contributed by atoms with van der Waals surface area (Å²) in [4.78, 5) is 13.5. The lowest BCUT2D eigenvalue weighted by molar-refractivity contribution is -0.114. The van der Waals surface area contributed by atoms with Crippen molar-refractivity contribution in [2.24, 2.45) is 5.10 Å². The lowest BCUT2D eigenvalue weighted by Gasteiger charge is -2.14. The number of hydrogen-bond acceptors (Lipinski definition) is 4. The minimum Gasteiger partial charge on any atom is -0.493 e. The van der Waals surface area contributed by atoms with Gasteiger partial charge in [0.25, 0.3) is 5.91 Å². The van der Waals surface area contributed by atoms with Crippen molar-refractivity contribution in [3.63, 3.8) is 0 Å². The number of nitrogens with zero attached hydrogens (tertiary/aromatic N) is 2. The van der Waals surface area contributed by atoms with Crippen LogP contribution in [0.15, 0.2) is 108 Å². The van der Waals surface area contributed by atoms with E-state index in [4.69, 9.17) is 9.47 Å². The zero-order valence-electron chi connectivity index (χ0n) is 19.9. The van der Waals surface area contributed by atoms with Crippen LogP contribution in [0.5, 0.6) is 11.5 Å². The minimum atomic E-state index is -0.314. The van der Waals surface area contributed by atoms with Gasteiger partial charge in [-0.2, -0.15) is 10.1 Å². The molecule has 0 fully saturated rings. The Morgan fingerprint density at radius 1 is 0.946 bits per heavy atom. The first-order valence-electron chi connectivity index (χ1n) is 11.5. The predicted octanol–water partition coefficient (Wildman–Crippen LogP) is 6.85. The van der Waals surface area contributed by atoms with Gasteiger partial charge in [0.2, 0.25) is 0 Å². The highest BCUT2D eigenvalue weighted by atomic mass is 127. The largest absolute Gasteiger partial charge is 0.493 e. The van der Waals surface area contributed by atoms with Gasteiger partial charge in [0.15, 0.2) is 11.5 Å². The molecule has 0 bridgehead atoms. The molecule has 0 N–H and O–H groups in total. The van der Waals surface area contributed by atoms with Crippen LogP contribution in [0, 0.1) is 9.39 Å². The first kappa shape index (κ1) is 24.7. The lowest BCUT2D eigenvalue weighted by Crippen LogP contribution is -2.21. The van der Waals surface area contributed by atoms with Gasteiger partial charge in [0, 0.05) is 5.56 Å². The fraction of sp³-hybridized carbons (Fsp3) is 0.0667. The zero-order valence-corrected chi connectivity index (χ0v) is 22.1. The van der Waals surface area contributed by atoms with E-state index in [9.17, 15) is 9.18 Å². The molecule has 0 aliphatic carbocycles. The molecule has 5 nitrogen and oxygen atoms in total. The van der Waals surface area contributed by atoms with Crippen molar-refractivity contribution in [1.82, 2.24) is 0 Å². The first-order valence-corrected chi connectivity index (χ1v) is 12.6. The van der Waals surface area contributed by atoms with E-state index in [1.165, 1.54) is 17.1 Å². The fourth-order valence-corrected chi connectivity index (χ4v) is 4.79. The van der Waals surface area contributed by atoms with Crippen molar-refractivity contribution < 1.29 is 18.7 Å². The van der Waals surface area contributed by atoms with Gasteiger partial charge in [-0.3, -0.25) is 4.79 Å². The third kappa shape index (κ3) is 5.41. The molecule has 1 aliphatic rings. The summed E-state index contributed by atoms with van der Waals surface area (Å²) in [5, 5.41) is 6.11. The Morgan fingerprint density at radius 2 is 1.68 bits per heavy atom. The standard InChI is InChI=1S/C30H22FIN2O3/c1-36-27-18-21(17-26(32)29(27)37-19-20-9-8-12-23(31)15-20)16-25-28(22-10-4-2-5-11-22)33-34(30(25)35)24-13-6-3-7-14-24/h2-18H,19H2,1H3/b25-16-. The summed E-state index contributed by atoms with van der Waals surface area (Å²) in [6, 6.07) is 29.0. The van der Waals surface area contributed by atoms with Gasteiger partial charge >= 0.3 is 0 Å². The van der Waals surface area contributed by atoms with Gasteiger partial charge in [-0.15, -0.1) is 0 Å². The summed E-state index contributed by atoms with van der Waals surface area (Å²) in [6.45, 7) is 0.194. The number of ether oxygens (including phenoxy) is 2. The summed E-state index contributed by atoms with van der Waals surface area (Å²) in [5.74, 6) is 0.533. The summed E-state index contributed by atoms with van der Waals surface area (Å²) in [7, 11) is 1.56. The Hall–Kier alpha value is -3.98. The van der Waals surface area contributed by atoms with Crippen LogP contribution in [0.4, 0.5) is 10.1 Å². The van der Waals surface area contributed by atoms with Crippen molar-refractivity contribution >= 4 is 46.0 Å². The zero-order chi connectivity index (χ0) is 25.8. The molecule has 1 amide bonds. The van der Waals surface area contributed by atoms with E-state index < -0.39 is 0 Å². The number of hydrogen-bond donors (Lipinski definition) is 0. The van der Waals surface area contributed by atoms with Crippen LogP contribution < -0.4 is 14.5 Å². The van der Waals surface area contributed by atoms with E-state index in [0.29, 0.717) is 34.0 Å². The average molecular weight is 604 g/mol. The number of carbonyl (C=O) groups is 1. The van der Waals surface area contributed by atoms with Gasteiger partial charge in [-0.25, -0.2) is 4.39 Å². The monoisotopic (exact) mass is 604 g/mol. The molecule has 1 aliphatic heterocycles. The second kappa shape index (κ2) is 11.0. The number of anilines is 1. The summed E-state index contributed by atoms with van der Waals surface area (Å²) in [6.07, 6.45) is 1.82. The number of hydrazone groups is 1. The molecule has 0 atom stereocenters. The molecule has 0 unspecified atom stereocenters. The van der Waals surface area contributed by atoms with Crippen molar-refractivity contribution in [2.75, 3.05) is 12.1 Å². The molecule has 0 saturated carbocycles. The molecular weight excluding hydrogens is 582 g/mol. The van der Waals surface area contributed by atoms with Crippen LogP contribution in [0.25, 0.3) is 6.08 Å². The molecule has 184 valence electrons. The van der Waals surface area contributed by atoms with Crippen molar-refractivity contribution in [1.29, 1.82) is 0 Å². The van der Waals surface area contributed by atoms with E-state index in [1.54, 1.807) is 19.2 Å². The normalized spacial score (nSPS) is 14.1.